The van der Waals surface area contributed by atoms with E-state index in [4.69, 9.17) is 0 Å². The number of hydrogen-bond acceptors (Lipinski definition) is 0. The summed E-state index contributed by atoms with van der Waals surface area (Å²) in [6.07, 6.45) is -4.83. The summed E-state index contributed by atoms with van der Waals surface area (Å²) in [5.74, 6) is 0. The molecule has 0 bridgehead atoms. The van der Waals surface area contributed by atoms with Crippen molar-refractivity contribution in [3.63, 3.8) is 0 Å². The van der Waals surface area contributed by atoms with Crippen molar-refractivity contribution >= 4 is 0 Å². The lowest BCUT2D eigenvalue weighted by Gasteiger charge is -2.10. The number of aromatic nitrogens is 1. The first kappa shape index (κ1) is 10.2. The van der Waals surface area contributed by atoms with Crippen LogP contribution in [0.5, 0.6) is 0 Å². The zero-order valence-electron chi connectivity index (χ0n) is 7.65. The molecule has 1 nitrogen and oxygen atoms in total. The number of halogens is 3. The van der Waals surface area contributed by atoms with Crippen molar-refractivity contribution < 1.29 is 13.2 Å². The van der Waals surface area contributed by atoms with Crippen LogP contribution < -0.4 is 0 Å². The highest BCUT2D eigenvalue weighted by Crippen LogP contribution is 2.21. The molecule has 0 spiro atoms. The number of hydrogen-bond donors (Lipinski definition) is 0. The molecule has 0 aliphatic carbocycles. The van der Waals surface area contributed by atoms with E-state index in [0.29, 0.717) is 0 Å². The smallest absolute Gasteiger partial charge is 0.349 e. The first-order chi connectivity index (χ1) is 5.90. The second-order valence-corrected chi connectivity index (χ2v) is 3.13. The highest BCUT2D eigenvalue weighted by molar-refractivity contribution is 5.13. The minimum atomic E-state index is -4.07. The molecule has 0 unspecified atom stereocenters. The molecule has 0 aliphatic heterocycles. The van der Waals surface area contributed by atoms with Gasteiger partial charge in [-0.05, 0) is 26.0 Å². The quantitative estimate of drug-likeness (QED) is 0.677. The Bertz CT molecular complexity index is 266. The topological polar surface area (TPSA) is 4.93 Å². The summed E-state index contributed by atoms with van der Waals surface area (Å²) in [4.78, 5) is 0. The Labute approximate surface area is 75.2 Å². The molecule has 13 heavy (non-hydrogen) atoms. The summed E-state index contributed by atoms with van der Waals surface area (Å²) < 4.78 is 37.4. The van der Waals surface area contributed by atoms with Crippen molar-refractivity contribution in [2.45, 2.75) is 33.0 Å². The summed E-state index contributed by atoms with van der Waals surface area (Å²) in [7, 11) is 0. The third-order valence-electron chi connectivity index (χ3n) is 2.04. The lowest BCUT2D eigenvalue weighted by Crippen LogP contribution is -2.13. The second kappa shape index (κ2) is 3.44. The van der Waals surface area contributed by atoms with Crippen LogP contribution in [0, 0.1) is 13.8 Å². The van der Waals surface area contributed by atoms with Crippen molar-refractivity contribution in [1.29, 1.82) is 0 Å². The van der Waals surface area contributed by atoms with Gasteiger partial charge in [0.15, 0.2) is 0 Å². The molecule has 1 aromatic rings. The second-order valence-electron chi connectivity index (χ2n) is 3.13. The van der Waals surface area contributed by atoms with Gasteiger partial charge in [0, 0.05) is 17.9 Å². The Morgan fingerprint density at radius 3 is 2.00 bits per heavy atom. The lowest BCUT2D eigenvalue weighted by atomic mass is 10.4. The van der Waals surface area contributed by atoms with Crippen LogP contribution in [0.15, 0.2) is 12.1 Å². The van der Waals surface area contributed by atoms with E-state index in [1.807, 2.05) is 26.0 Å². The van der Waals surface area contributed by atoms with Crippen LogP contribution >= 0.6 is 0 Å². The van der Waals surface area contributed by atoms with Crippen molar-refractivity contribution in [1.82, 2.24) is 4.57 Å². The predicted octanol–water partition coefficient (Wildman–Crippen LogP) is 3.06. The van der Waals surface area contributed by atoms with Crippen LogP contribution in [0.25, 0.3) is 0 Å². The fourth-order valence-electron chi connectivity index (χ4n) is 1.29. The Hall–Kier alpha value is -0.930. The maximum Gasteiger partial charge on any atom is 0.390 e. The molecule has 74 valence electrons. The third kappa shape index (κ3) is 2.79. The van der Waals surface area contributed by atoms with Crippen molar-refractivity contribution in [3.05, 3.63) is 23.5 Å². The molecule has 0 amide bonds. The number of rotatable bonds is 2. The van der Waals surface area contributed by atoms with Gasteiger partial charge in [-0.15, -0.1) is 0 Å². The van der Waals surface area contributed by atoms with Gasteiger partial charge in [-0.25, -0.2) is 0 Å². The van der Waals surface area contributed by atoms with Gasteiger partial charge in [-0.3, -0.25) is 0 Å². The maximum atomic E-state index is 11.9. The van der Waals surface area contributed by atoms with Gasteiger partial charge in [-0.1, -0.05) is 0 Å². The van der Waals surface area contributed by atoms with Gasteiger partial charge in [0.2, 0.25) is 0 Å². The van der Waals surface area contributed by atoms with Crippen molar-refractivity contribution in [2.75, 3.05) is 0 Å². The third-order valence-corrected chi connectivity index (χ3v) is 2.04. The lowest BCUT2D eigenvalue weighted by molar-refractivity contribution is -0.136. The molecular weight excluding hydrogens is 179 g/mol. The molecule has 1 heterocycles. The number of nitrogens with zero attached hydrogens (tertiary/aromatic N) is 1. The molecule has 0 radical (unpaired) electrons. The van der Waals surface area contributed by atoms with Gasteiger partial charge in [-0.2, -0.15) is 13.2 Å². The van der Waals surface area contributed by atoms with E-state index >= 15 is 0 Å². The Balaban J connectivity index is 2.64. The summed E-state index contributed by atoms with van der Waals surface area (Å²) in [6, 6.07) is 3.65. The zero-order valence-corrected chi connectivity index (χ0v) is 7.65. The summed E-state index contributed by atoms with van der Waals surface area (Å²) in [5.41, 5.74) is 1.75. The molecule has 1 aromatic heterocycles. The number of aryl methyl sites for hydroxylation is 2. The molecule has 4 heteroatoms. The molecule has 0 aromatic carbocycles. The van der Waals surface area contributed by atoms with Gasteiger partial charge in [0.25, 0.3) is 0 Å². The fourth-order valence-corrected chi connectivity index (χ4v) is 1.29. The maximum absolute atomic E-state index is 11.9. The van der Waals surface area contributed by atoms with Gasteiger partial charge in [0.1, 0.15) is 0 Å². The van der Waals surface area contributed by atoms with Crippen LogP contribution in [-0.4, -0.2) is 10.7 Å². The molecule has 0 saturated carbocycles. The Morgan fingerprint density at radius 2 is 1.62 bits per heavy atom. The summed E-state index contributed by atoms with van der Waals surface area (Å²) >= 11 is 0. The molecule has 0 N–H and O–H groups in total. The van der Waals surface area contributed by atoms with Crippen molar-refractivity contribution in [2.24, 2.45) is 0 Å². The van der Waals surface area contributed by atoms with E-state index in [9.17, 15) is 13.2 Å². The van der Waals surface area contributed by atoms with Gasteiger partial charge >= 0.3 is 6.18 Å². The minimum absolute atomic E-state index is 0.0220. The molecule has 0 aliphatic rings. The van der Waals surface area contributed by atoms with E-state index in [0.717, 1.165) is 11.4 Å². The van der Waals surface area contributed by atoms with Crippen LogP contribution in [-0.2, 0) is 6.54 Å². The minimum Gasteiger partial charge on any atom is -0.349 e. The fraction of sp³-hybridized carbons (Fsp3) is 0.556. The van der Waals surface area contributed by atoms with Crippen LogP contribution in [0.1, 0.15) is 17.8 Å². The normalized spacial score (nSPS) is 12.1. The van der Waals surface area contributed by atoms with Crippen LogP contribution in [0.3, 0.4) is 0 Å². The average Bonchev–Trinajstić information content (AvgIpc) is 2.27. The largest absolute Gasteiger partial charge is 0.390 e. The SMILES string of the molecule is Cc1ccc(C)n1CCC(F)(F)F. The molecule has 1 rings (SSSR count). The highest BCUT2D eigenvalue weighted by atomic mass is 19.4. The van der Waals surface area contributed by atoms with E-state index in [1.165, 1.54) is 0 Å². The molecule has 0 fully saturated rings. The number of alkyl halides is 3. The first-order valence-corrected chi connectivity index (χ1v) is 4.09. The predicted molar refractivity (Wildman–Crippen MR) is 44.6 cm³/mol. The summed E-state index contributed by atoms with van der Waals surface area (Å²) in [5, 5.41) is 0. The van der Waals surface area contributed by atoms with E-state index in [1.54, 1.807) is 4.57 Å². The Morgan fingerprint density at radius 1 is 1.15 bits per heavy atom. The van der Waals surface area contributed by atoms with Crippen molar-refractivity contribution in [3.8, 4) is 0 Å². The first-order valence-electron chi connectivity index (χ1n) is 4.09. The molecule has 0 saturated heterocycles. The van der Waals surface area contributed by atoms with Crippen LogP contribution in [0.4, 0.5) is 13.2 Å². The standard InChI is InChI=1S/C9H12F3N/c1-7-3-4-8(2)13(7)6-5-9(10,11)12/h3-4H,5-6H2,1-2H3. The molecular formula is C9H12F3N. The zero-order chi connectivity index (χ0) is 10.1. The Kier molecular flexibility index (Phi) is 2.68. The van der Waals surface area contributed by atoms with Gasteiger partial charge < -0.3 is 4.57 Å². The van der Waals surface area contributed by atoms with E-state index < -0.39 is 12.6 Å². The van der Waals surface area contributed by atoms with E-state index in [2.05, 4.69) is 0 Å². The van der Waals surface area contributed by atoms with Crippen LogP contribution in [0.2, 0.25) is 0 Å². The molecule has 0 atom stereocenters. The summed E-state index contributed by atoms with van der Waals surface area (Å²) in [6.45, 7) is 3.64. The average molecular weight is 191 g/mol. The van der Waals surface area contributed by atoms with Gasteiger partial charge in [0.05, 0.1) is 6.42 Å². The van der Waals surface area contributed by atoms with E-state index in [-0.39, 0.29) is 6.54 Å². The highest BCUT2D eigenvalue weighted by Gasteiger charge is 2.26. The monoisotopic (exact) mass is 191 g/mol.